The first kappa shape index (κ1) is 25.2. The molecule has 1 aliphatic rings. The van der Waals surface area contributed by atoms with Gasteiger partial charge in [-0.3, -0.25) is 9.89 Å². The molecule has 0 radical (unpaired) electrons. The quantitative estimate of drug-likeness (QED) is 0.429. The van der Waals surface area contributed by atoms with Crippen LogP contribution in [-0.2, 0) is 4.74 Å². The van der Waals surface area contributed by atoms with Crippen LogP contribution in [0.4, 0.5) is 0 Å². The lowest BCUT2D eigenvalue weighted by Crippen LogP contribution is -2.53. The zero-order valence-corrected chi connectivity index (χ0v) is 20.3. The van der Waals surface area contributed by atoms with Crippen molar-refractivity contribution in [3.05, 3.63) is 23.8 Å². The highest BCUT2D eigenvalue weighted by atomic mass is 16.5. The molecule has 0 spiro atoms. The number of ether oxygens (including phenoxy) is 3. The molecule has 8 heteroatoms. The highest BCUT2D eigenvalue weighted by Crippen LogP contribution is 2.31. The second kappa shape index (κ2) is 12.7. The lowest BCUT2D eigenvalue weighted by Gasteiger charge is -2.37. The number of aliphatic imine (C=N–C) groups is 1. The number of hydrogen-bond donors (Lipinski definition) is 2. The molecule has 31 heavy (non-hydrogen) atoms. The van der Waals surface area contributed by atoms with Crippen molar-refractivity contribution in [3.8, 4) is 11.5 Å². The van der Waals surface area contributed by atoms with E-state index in [9.17, 15) is 0 Å². The van der Waals surface area contributed by atoms with E-state index in [0.717, 1.165) is 55.9 Å². The van der Waals surface area contributed by atoms with Crippen molar-refractivity contribution in [1.29, 1.82) is 0 Å². The van der Waals surface area contributed by atoms with E-state index in [1.165, 1.54) is 0 Å². The standard InChI is InChI=1S/C23H41N5O3/c1-17(2)19(28-10-12-31-13-11-28)15-25-23(24-3)26-16-20(27(4)5)18-8-9-21(29-6)22(14-18)30-7/h8-9,14,17,19-20H,10-13,15-16H2,1-7H3,(H2,24,25,26). The Morgan fingerprint density at radius 3 is 2.29 bits per heavy atom. The molecule has 0 amide bonds. The minimum atomic E-state index is 0.151. The van der Waals surface area contributed by atoms with Crippen LogP contribution in [0.3, 0.4) is 0 Å². The van der Waals surface area contributed by atoms with Crippen LogP contribution in [0.15, 0.2) is 23.2 Å². The summed E-state index contributed by atoms with van der Waals surface area (Å²) in [6.07, 6.45) is 0. The number of rotatable bonds is 10. The predicted octanol–water partition coefficient (Wildman–Crippen LogP) is 1.83. The monoisotopic (exact) mass is 435 g/mol. The second-order valence-corrected chi connectivity index (χ2v) is 8.39. The summed E-state index contributed by atoms with van der Waals surface area (Å²) >= 11 is 0. The smallest absolute Gasteiger partial charge is 0.191 e. The third-order valence-corrected chi connectivity index (χ3v) is 5.87. The molecule has 0 aromatic heterocycles. The maximum atomic E-state index is 5.52. The van der Waals surface area contributed by atoms with E-state index >= 15 is 0 Å². The van der Waals surface area contributed by atoms with Gasteiger partial charge in [0.15, 0.2) is 17.5 Å². The van der Waals surface area contributed by atoms with Crippen molar-refractivity contribution in [3.63, 3.8) is 0 Å². The molecule has 8 nitrogen and oxygen atoms in total. The van der Waals surface area contributed by atoms with Gasteiger partial charge in [-0.15, -0.1) is 0 Å². The van der Waals surface area contributed by atoms with Crippen LogP contribution in [0.1, 0.15) is 25.5 Å². The summed E-state index contributed by atoms with van der Waals surface area (Å²) in [5, 5.41) is 7.02. The highest BCUT2D eigenvalue weighted by Gasteiger charge is 2.24. The average molecular weight is 436 g/mol. The van der Waals surface area contributed by atoms with Gasteiger partial charge in [0, 0.05) is 39.3 Å². The second-order valence-electron chi connectivity index (χ2n) is 8.39. The molecule has 0 aliphatic carbocycles. The lowest BCUT2D eigenvalue weighted by molar-refractivity contribution is 0.00752. The van der Waals surface area contributed by atoms with Gasteiger partial charge in [0.2, 0.25) is 0 Å². The van der Waals surface area contributed by atoms with E-state index < -0.39 is 0 Å². The number of hydrogen-bond acceptors (Lipinski definition) is 6. The molecule has 176 valence electrons. The van der Waals surface area contributed by atoms with Gasteiger partial charge >= 0.3 is 0 Å². The minimum Gasteiger partial charge on any atom is -0.493 e. The molecule has 1 aromatic carbocycles. The summed E-state index contributed by atoms with van der Waals surface area (Å²) in [5.41, 5.74) is 1.15. The molecular weight excluding hydrogens is 394 g/mol. The van der Waals surface area contributed by atoms with Crippen LogP contribution in [0, 0.1) is 5.92 Å². The molecule has 0 saturated carbocycles. The normalized spacial score (nSPS) is 17.5. The fraction of sp³-hybridized carbons (Fsp3) is 0.696. The van der Waals surface area contributed by atoms with Crippen molar-refractivity contribution in [2.75, 3.05) is 74.8 Å². The van der Waals surface area contributed by atoms with Gasteiger partial charge in [0.05, 0.1) is 33.5 Å². The Bertz CT molecular complexity index is 690. The molecule has 2 N–H and O–H groups in total. The van der Waals surface area contributed by atoms with Crippen LogP contribution in [0.25, 0.3) is 0 Å². The van der Waals surface area contributed by atoms with Gasteiger partial charge in [-0.2, -0.15) is 0 Å². The Morgan fingerprint density at radius 1 is 1.10 bits per heavy atom. The van der Waals surface area contributed by atoms with Gasteiger partial charge in [-0.1, -0.05) is 19.9 Å². The van der Waals surface area contributed by atoms with E-state index in [4.69, 9.17) is 14.2 Å². The maximum absolute atomic E-state index is 5.52. The maximum Gasteiger partial charge on any atom is 0.191 e. The Kier molecular flexibility index (Phi) is 10.4. The van der Waals surface area contributed by atoms with Crippen LogP contribution in [0.2, 0.25) is 0 Å². The first-order valence-electron chi connectivity index (χ1n) is 11.1. The predicted molar refractivity (Wildman–Crippen MR) is 126 cm³/mol. The fourth-order valence-corrected chi connectivity index (χ4v) is 3.97. The van der Waals surface area contributed by atoms with Crippen LogP contribution in [0.5, 0.6) is 11.5 Å². The summed E-state index contributed by atoms with van der Waals surface area (Å²) in [5.74, 6) is 2.83. The number of benzene rings is 1. The minimum absolute atomic E-state index is 0.151. The molecule has 2 rings (SSSR count). The van der Waals surface area contributed by atoms with E-state index in [1.807, 2.05) is 19.2 Å². The van der Waals surface area contributed by atoms with Gasteiger partial charge in [0.25, 0.3) is 0 Å². The molecule has 2 atom stereocenters. The van der Waals surface area contributed by atoms with E-state index in [-0.39, 0.29) is 6.04 Å². The van der Waals surface area contributed by atoms with E-state index in [0.29, 0.717) is 18.5 Å². The van der Waals surface area contributed by atoms with Crippen molar-refractivity contribution in [2.24, 2.45) is 10.9 Å². The summed E-state index contributed by atoms with van der Waals surface area (Å²) in [4.78, 5) is 9.14. The number of nitrogens with one attached hydrogen (secondary N) is 2. The van der Waals surface area contributed by atoms with Crippen molar-refractivity contribution < 1.29 is 14.2 Å². The van der Waals surface area contributed by atoms with Crippen LogP contribution < -0.4 is 20.1 Å². The van der Waals surface area contributed by atoms with Crippen molar-refractivity contribution >= 4 is 5.96 Å². The molecule has 1 saturated heterocycles. The van der Waals surface area contributed by atoms with Crippen molar-refractivity contribution in [2.45, 2.75) is 25.9 Å². The Labute approximate surface area is 187 Å². The number of nitrogens with zero attached hydrogens (tertiary/aromatic N) is 3. The van der Waals surface area contributed by atoms with Gasteiger partial charge in [-0.25, -0.2) is 0 Å². The van der Waals surface area contributed by atoms with E-state index in [1.54, 1.807) is 14.2 Å². The molecule has 1 aliphatic heterocycles. The first-order valence-corrected chi connectivity index (χ1v) is 11.1. The topological polar surface area (TPSA) is 70.6 Å². The number of likely N-dealkylation sites (N-methyl/N-ethyl adjacent to an activating group) is 1. The molecule has 1 fully saturated rings. The molecule has 1 aromatic rings. The number of guanidine groups is 1. The molecule has 0 bridgehead atoms. The van der Waals surface area contributed by atoms with Gasteiger partial charge in [0.1, 0.15) is 0 Å². The summed E-state index contributed by atoms with van der Waals surface area (Å²) in [7, 11) is 9.28. The third-order valence-electron chi connectivity index (χ3n) is 5.87. The summed E-state index contributed by atoms with van der Waals surface area (Å²) in [6.45, 7) is 9.70. The van der Waals surface area contributed by atoms with Crippen LogP contribution >= 0.6 is 0 Å². The Hall–Kier alpha value is -2.03. The summed E-state index contributed by atoms with van der Waals surface area (Å²) in [6, 6.07) is 6.66. The van der Waals surface area contributed by atoms with Crippen molar-refractivity contribution in [1.82, 2.24) is 20.4 Å². The Balaban J connectivity index is 2.00. The number of methoxy groups -OCH3 is 2. The van der Waals surface area contributed by atoms with E-state index in [2.05, 4.69) is 59.4 Å². The molecule has 2 unspecified atom stereocenters. The summed E-state index contributed by atoms with van der Waals surface area (Å²) < 4.78 is 16.4. The average Bonchev–Trinajstić information content (AvgIpc) is 2.78. The molecular formula is C23H41N5O3. The number of morpholine rings is 1. The van der Waals surface area contributed by atoms with Crippen LogP contribution in [-0.4, -0.2) is 96.6 Å². The largest absolute Gasteiger partial charge is 0.493 e. The lowest BCUT2D eigenvalue weighted by atomic mass is 10.0. The molecule has 1 heterocycles. The zero-order valence-electron chi connectivity index (χ0n) is 20.3. The zero-order chi connectivity index (χ0) is 22.8. The first-order chi connectivity index (χ1) is 14.9. The fourth-order valence-electron chi connectivity index (χ4n) is 3.97. The van der Waals surface area contributed by atoms with Gasteiger partial charge in [-0.05, 0) is 37.7 Å². The Morgan fingerprint density at radius 2 is 1.74 bits per heavy atom. The highest BCUT2D eigenvalue weighted by molar-refractivity contribution is 5.79. The third kappa shape index (κ3) is 7.26. The SMILES string of the molecule is CN=C(NCC(c1ccc(OC)c(OC)c1)N(C)C)NCC(C(C)C)N1CCOCC1. The van der Waals surface area contributed by atoms with Gasteiger partial charge < -0.3 is 29.7 Å².